The Morgan fingerprint density at radius 2 is 1.89 bits per heavy atom. The Hall–Kier alpha value is -5.04. The number of carbonyl (C=O) groups is 2. The van der Waals surface area contributed by atoms with E-state index < -0.39 is 29.1 Å². The molecule has 0 saturated heterocycles. The number of nitrogens with one attached hydrogen (secondary N) is 2. The van der Waals surface area contributed by atoms with Crippen LogP contribution in [0.15, 0.2) is 66.0 Å². The topological polar surface area (TPSA) is 120 Å². The Bertz CT molecular complexity index is 1860. The molecular formula is C31H29F3N6O4. The van der Waals surface area contributed by atoms with Crippen LogP contribution in [0.25, 0.3) is 22.5 Å². The third-order valence-corrected chi connectivity index (χ3v) is 7.12. The highest BCUT2D eigenvalue weighted by atomic mass is 19.4. The van der Waals surface area contributed by atoms with Crippen LogP contribution in [0.2, 0.25) is 0 Å². The van der Waals surface area contributed by atoms with Gasteiger partial charge in [-0.2, -0.15) is 22.7 Å². The van der Waals surface area contributed by atoms with Crippen molar-refractivity contribution in [1.29, 1.82) is 0 Å². The first-order chi connectivity index (χ1) is 21.0. The Labute approximate surface area is 249 Å². The van der Waals surface area contributed by atoms with Crippen LogP contribution in [-0.4, -0.2) is 44.2 Å². The number of nitrogens with zero attached hydrogens (tertiary/aromatic N) is 4. The molecule has 2 amide bonds. The SMILES string of the molecule is C=CC(=O)Nc1ccc(C)cc1-c1c(CC)n(CC(=O)Nc2ccc(C(F)(F)F)cc2)c2nc(C3=CCOCC3)nn2c1=O. The van der Waals surface area contributed by atoms with Crippen molar-refractivity contribution in [2.75, 3.05) is 23.8 Å². The average Bonchev–Trinajstić information content (AvgIpc) is 3.46. The molecule has 2 aromatic carbocycles. The van der Waals surface area contributed by atoms with Crippen LogP contribution in [0, 0.1) is 6.92 Å². The molecule has 5 rings (SSSR count). The molecule has 0 unspecified atom stereocenters. The number of aryl methyl sites for hydroxylation is 1. The fraction of sp³-hybridized carbons (Fsp3) is 0.258. The molecule has 0 atom stereocenters. The van der Waals surface area contributed by atoms with Crippen molar-refractivity contribution in [1.82, 2.24) is 19.2 Å². The number of benzene rings is 2. The maximum Gasteiger partial charge on any atom is 0.416 e. The van der Waals surface area contributed by atoms with Crippen LogP contribution in [0.1, 0.15) is 36.0 Å². The van der Waals surface area contributed by atoms with E-state index in [0.717, 1.165) is 33.9 Å². The van der Waals surface area contributed by atoms with Gasteiger partial charge >= 0.3 is 6.18 Å². The van der Waals surface area contributed by atoms with E-state index in [1.54, 1.807) is 22.8 Å². The smallest absolute Gasteiger partial charge is 0.377 e. The van der Waals surface area contributed by atoms with E-state index >= 15 is 0 Å². The van der Waals surface area contributed by atoms with Gasteiger partial charge in [-0.05, 0) is 67.8 Å². The standard InChI is InChI=1S/C31H29F3N6O4/c1-4-24-27(22-16-18(3)6-11-23(22)36-25(41)5-2)29(43)40-30(37-28(38-40)19-12-14-44-15-13-19)39(24)17-26(42)35-21-9-7-20(8-10-21)31(32,33)34/h5-12,16H,2,4,13-15,17H2,1,3H3,(H,35,42)(H,36,41). The first-order valence-electron chi connectivity index (χ1n) is 13.8. The van der Waals surface area contributed by atoms with E-state index in [9.17, 15) is 27.6 Å². The van der Waals surface area contributed by atoms with Gasteiger partial charge in [0.2, 0.25) is 17.6 Å². The fourth-order valence-corrected chi connectivity index (χ4v) is 5.01. The summed E-state index contributed by atoms with van der Waals surface area (Å²) in [5, 5.41) is 9.89. The highest BCUT2D eigenvalue weighted by Gasteiger charge is 2.30. The molecule has 44 heavy (non-hydrogen) atoms. The van der Waals surface area contributed by atoms with Crippen LogP contribution in [0.3, 0.4) is 0 Å². The number of alkyl halides is 3. The van der Waals surface area contributed by atoms with Crippen molar-refractivity contribution in [3.63, 3.8) is 0 Å². The van der Waals surface area contributed by atoms with Gasteiger partial charge in [0.15, 0.2) is 5.82 Å². The van der Waals surface area contributed by atoms with Gasteiger partial charge in [0.1, 0.15) is 6.54 Å². The van der Waals surface area contributed by atoms with Crippen molar-refractivity contribution in [3.8, 4) is 11.1 Å². The molecule has 0 aliphatic carbocycles. The van der Waals surface area contributed by atoms with Crippen LogP contribution in [0.5, 0.6) is 0 Å². The van der Waals surface area contributed by atoms with E-state index in [1.165, 1.54) is 12.1 Å². The molecule has 0 bridgehead atoms. The summed E-state index contributed by atoms with van der Waals surface area (Å²) in [7, 11) is 0. The number of rotatable bonds is 8. The molecule has 2 aromatic heterocycles. The number of anilines is 2. The summed E-state index contributed by atoms with van der Waals surface area (Å²) in [6.45, 7) is 7.65. The van der Waals surface area contributed by atoms with Gasteiger partial charge in [0, 0.05) is 22.6 Å². The molecule has 0 fully saturated rings. The third-order valence-electron chi connectivity index (χ3n) is 7.12. The zero-order valence-electron chi connectivity index (χ0n) is 24.0. The summed E-state index contributed by atoms with van der Waals surface area (Å²) < 4.78 is 47.2. The number of hydrogen-bond acceptors (Lipinski definition) is 6. The minimum atomic E-state index is -4.51. The van der Waals surface area contributed by atoms with Crippen molar-refractivity contribution in [2.24, 2.45) is 0 Å². The number of ether oxygens (including phenoxy) is 1. The van der Waals surface area contributed by atoms with Gasteiger partial charge in [-0.15, -0.1) is 5.10 Å². The highest BCUT2D eigenvalue weighted by molar-refractivity contribution is 6.02. The summed E-state index contributed by atoms with van der Waals surface area (Å²) in [5.74, 6) is -0.606. The van der Waals surface area contributed by atoms with E-state index in [1.807, 2.05) is 19.9 Å². The second-order valence-corrected chi connectivity index (χ2v) is 10.1. The molecular weight excluding hydrogens is 577 g/mol. The molecule has 1 aliphatic heterocycles. The van der Waals surface area contributed by atoms with Crippen molar-refractivity contribution in [3.05, 3.63) is 94.2 Å². The van der Waals surface area contributed by atoms with E-state index in [0.29, 0.717) is 42.4 Å². The minimum Gasteiger partial charge on any atom is -0.377 e. The lowest BCUT2D eigenvalue weighted by Gasteiger charge is -2.19. The number of aromatic nitrogens is 4. The molecule has 228 valence electrons. The van der Waals surface area contributed by atoms with Crippen molar-refractivity contribution in [2.45, 2.75) is 39.4 Å². The van der Waals surface area contributed by atoms with Crippen molar-refractivity contribution >= 4 is 34.5 Å². The molecule has 10 nitrogen and oxygen atoms in total. The predicted octanol–water partition coefficient (Wildman–Crippen LogP) is 5.01. The van der Waals surface area contributed by atoms with Crippen molar-refractivity contribution < 1.29 is 27.5 Å². The first-order valence-corrected chi connectivity index (χ1v) is 13.8. The molecule has 3 heterocycles. The van der Waals surface area contributed by atoms with E-state index in [2.05, 4.69) is 27.3 Å². The van der Waals surface area contributed by atoms with Gasteiger partial charge in [-0.1, -0.05) is 31.2 Å². The summed E-state index contributed by atoms with van der Waals surface area (Å²) in [6, 6.07) is 9.32. The Morgan fingerprint density at radius 1 is 1.14 bits per heavy atom. The van der Waals surface area contributed by atoms with Gasteiger partial charge in [-0.25, -0.2) is 0 Å². The van der Waals surface area contributed by atoms with Crippen LogP contribution < -0.4 is 16.2 Å². The summed E-state index contributed by atoms with van der Waals surface area (Å²) in [5.41, 5.74) is 1.87. The van der Waals surface area contributed by atoms with Gasteiger partial charge < -0.3 is 19.9 Å². The maximum atomic E-state index is 14.1. The molecule has 13 heteroatoms. The third kappa shape index (κ3) is 6.18. The maximum absolute atomic E-state index is 14.1. The lowest BCUT2D eigenvalue weighted by Crippen LogP contribution is -2.29. The Morgan fingerprint density at radius 3 is 2.52 bits per heavy atom. The quantitative estimate of drug-likeness (QED) is 0.272. The minimum absolute atomic E-state index is 0.116. The molecule has 0 radical (unpaired) electrons. The Balaban J connectivity index is 1.67. The number of carbonyl (C=O) groups excluding carboxylic acids is 2. The first kappa shape index (κ1) is 30.4. The summed E-state index contributed by atoms with van der Waals surface area (Å²) in [4.78, 5) is 44.4. The largest absolute Gasteiger partial charge is 0.416 e. The monoisotopic (exact) mass is 606 g/mol. The second kappa shape index (κ2) is 12.3. The number of fused-ring (bicyclic) bond motifs is 1. The summed E-state index contributed by atoms with van der Waals surface area (Å²) in [6.07, 6.45) is -0.751. The normalized spacial score (nSPS) is 13.4. The molecule has 2 N–H and O–H groups in total. The number of amides is 2. The highest BCUT2D eigenvalue weighted by Crippen LogP contribution is 2.32. The van der Waals surface area contributed by atoms with Gasteiger partial charge in [0.05, 0.1) is 24.3 Å². The average molecular weight is 607 g/mol. The zero-order chi connectivity index (χ0) is 31.6. The number of halogens is 3. The summed E-state index contributed by atoms with van der Waals surface area (Å²) >= 11 is 0. The molecule has 4 aromatic rings. The van der Waals surface area contributed by atoms with E-state index in [4.69, 9.17) is 4.74 Å². The predicted molar refractivity (Wildman–Crippen MR) is 159 cm³/mol. The van der Waals surface area contributed by atoms with Crippen LogP contribution in [0.4, 0.5) is 24.5 Å². The van der Waals surface area contributed by atoms with Gasteiger partial charge in [0.25, 0.3) is 5.56 Å². The second-order valence-electron chi connectivity index (χ2n) is 10.1. The molecule has 1 aliphatic rings. The molecule has 0 spiro atoms. The lowest BCUT2D eigenvalue weighted by atomic mass is 9.99. The zero-order valence-corrected chi connectivity index (χ0v) is 24.0. The number of hydrogen-bond donors (Lipinski definition) is 2. The van der Waals surface area contributed by atoms with Crippen LogP contribution in [-0.2, 0) is 33.5 Å². The molecule has 0 saturated carbocycles. The Kier molecular flexibility index (Phi) is 8.50. The van der Waals surface area contributed by atoms with E-state index in [-0.39, 0.29) is 30.0 Å². The van der Waals surface area contributed by atoms with Gasteiger partial charge in [-0.3, -0.25) is 14.4 Å². The fourth-order valence-electron chi connectivity index (χ4n) is 5.01. The lowest BCUT2D eigenvalue weighted by molar-refractivity contribution is -0.137. The van der Waals surface area contributed by atoms with Crippen LogP contribution >= 0.6 is 0 Å².